The zero-order valence-electron chi connectivity index (χ0n) is 12.6. The second-order valence-electron chi connectivity index (χ2n) is 5.04. The Bertz CT molecular complexity index is 460. The molecule has 21 heavy (non-hydrogen) atoms. The Kier molecular flexibility index (Phi) is 7.71. The molecule has 0 aliphatic rings. The topological polar surface area (TPSA) is 67.6 Å². The number of nitrogens with two attached hydrogens (primary N) is 1. The summed E-state index contributed by atoms with van der Waals surface area (Å²) in [5.41, 5.74) is 6.29. The van der Waals surface area contributed by atoms with E-state index in [0.717, 1.165) is 24.9 Å². The number of rotatable bonds is 9. The van der Waals surface area contributed by atoms with Crippen molar-refractivity contribution in [1.29, 1.82) is 0 Å². The van der Waals surface area contributed by atoms with Crippen molar-refractivity contribution < 1.29 is 9.53 Å². The van der Waals surface area contributed by atoms with Crippen molar-refractivity contribution in [3.63, 3.8) is 0 Å². The summed E-state index contributed by atoms with van der Waals surface area (Å²) in [5, 5.41) is 2.83. The molecule has 0 unspecified atom stereocenters. The average molecular weight is 309 g/mol. The Morgan fingerprint density at radius 1 is 1.29 bits per heavy atom. The molecule has 0 aliphatic carbocycles. The van der Waals surface area contributed by atoms with Crippen molar-refractivity contribution in [1.82, 2.24) is 10.2 Å². The van der Waals surface area contributed by atoms with Crippen molar-refractivity contribution in [2.45, 2.75) is 12.8 Å². The number of amides is 1. The van der Waals surface area contributed by atoms with E-state index in [2.05, 4.69) is 10.2 Å². The number of unbranched alkanes of at least 4 members (excludes halogenated alkanes) is 1. The number of carbonyl (C=O) groups is 1. The minimum absolute atomic E-state index is 0.0140. The highest BCUT2D eigenvalue weighted by molar-refractivity contribution is 7.80. The van der Waals surface area contributed by atoms with Crippen molar-refractivity contribution in [3.05, 3.63) is 29.8 Å². The van der Waals surface area contributed by atoms with Crippen LogP contribution >= 0.6 is 12.2 Å². The fourth-order valence-electron chi connectivity index (χ4n) is 1.70. The van der Waals surface area contributed by atoms with Gasteiger partial charge in [-0.25, -0.2) is 0 Å². The number of nitrogens with one attached hydrogen (secondary N) is 1. The molecule has 0 aromatic heterocycles. The molecule has 1 amide bonds. The highest BCUT2D eigenvalue weighted by atomic mass is 32.1. The van der Waals surface area contributed by atoms with Gasteiger partial charge in [0.25, 0.3) is 5.91 Å². The summed E-state index contributed by atoms with van der Waals surface area (Å²) < 4.78 is 5.39. The van der Waals surface area contributed by atoms with E-state index in [4.69, 9.17) is 22.7 Å². The molecule has 0 atom stereocenters. The van der Waals surface area contributed by atoms with Gasteiger partial charge in [0.05, 0.1) is 0 Å². The molecule has 0 aliphatic heterocycles. The van der Waals surface area contributed by atoms with Crippen LogP contribution < -0.4 is 15.8 Å². The second kappa shape index (κ2) is 9.31. The lowest BCUT2D eigenvalue weighted by Crippen LogP contribution is -2.30. The number of carbonyl (C=O) groups excluding carboxylic acids is 1. The van der Waals surface area contributed by atoms with Crippen LogP contribution in [0.25, 0.3) is 0 Å². The number of thiocarbonyl (C=S) groups is 1. The predicted octanol–water partition coefficient (Wildman–Crippen LogP) is 1.16. The van der Waals surface area contributed by atoms with Crippen LogP contribution in [0, 0.1) is 0 Å². The number of ether oxygens (including phenoxy) is 1. The molecule has 1 aromatic rings. The lowest BCUT2D eigenvalue weighted by molar-refractivity contribution is -0.123. The van der Waals surface area contributed by atoms with Gasteiger partial charge in [-0.1, -0.05) is 12.2 Å². The van der Waals surface area contributed by atoms with Crippen molar-refractivity contribution in [2.24, 2.45) is 5.73 Å². The smallest absolute Gasteiger partial charge is 0.257 e. The molecule has 0 radical (unpaired) electrons. The van der Waals surface area contributed by atoms with E-state index in [1.165, 1.54) is 0 Å². The van der Waals surface area contributed by atoms with E-state index in [1.807, 2.05) is 14.1 Å². The van der Waals surface area contributed by atoms with Gasteiger partial charge in [-0.05, 0) is 57.7 Å². The summed E-state index contributed by atoms with van der Waals surface area (Å²) in [7, 11) is 4.07. The molecule has 0 spiro atoms. The Morgan fingerprint density at radius 3 is 2.52 bits per heavy atom. The first-order valence-corrected chi connectivity index (χ1v) is 7.34. The third-order valence-electron chi connectivity index (χ3n) is 2.86. The Hall–Kier alpha value is -1.66. The van der Waals surface area contributed by atoms with Gasteiger partial charge < -0.3 is 20.7 Å². The molecule has 1 aromatic carbocycles. The third kappa shape index (κ3) is 7.63. The summed E-state index contributed by atoms with van der Waals surface area (Å²) in [5.74, 6) is 0.510. The number of hydrogen-bond donors (Lipinski definition) is 2. The van der Waals surface area contributed by atoms with Crippen LogP contribution in [0.15, 0.2) is 24.3 Å². The first-order valence-electron chi connectivity index (χ1n) is 6.93. The molecular weight excluding hydrogens is 286 g/mol. The van der Waals surface area contributed by atoms with Crippen LogP contribution in [0.5, 0.6) is 5.75 Å². The Labute approximate surface area is 131 Å². The summed E-state index contributed by atoms with van der Waals surface area (Å²) in [6.45, 7) is 1.72. The number of benzene rings is 1. The zero-order chi connectivity index (χ0) is 15.7. The minimum Gasteiger partial charge on any atom is -0.484 e. The monoisotopic (exact) mass is 309 g/mol. The maximum Gasteiger partial charge on any atom is 0.257 e. The molecule has 1 rings (SSSR count). The normalized spacial score (nSPS) is 10.4. The van der Waals surface area contributed by atoms with Crippen molar-refractivity contribution >= 4 is 23.1 Å². The van der Waals surface area contributed by atoms with Gasteiger partial charge in [-0.3, -0.25) is 4.79 Å². The van der Waals surface area contributed by atoms with Crippen LogP contribution in [0.2, 0.25) is 0 Å². The Morgan fingerprint density at radius 2 is 1.95 bits per heavy atom. The predicted molar refractivity (Wildman–Crippen MR) is 88.6 cm³/mol. The number of hydrogen-bond acceptors (Lipinski definition) is 4. The highest BCUT2D eigenvalue weighted by Gasteiger charge is 2.03. The summed E-state index contributed by atoms with van der Waals surface area (Å²) in [4.78, 5) is 14.1. The van der Waals surface area contributed by atoms with Gasteiger partial charge in [0, 0.05) is 12.1 Å². The lowest BCUT2D eigenvalue weighted by atomic mass is 10.2. The molecular formula is C15H23N3O2S. The van der Waals surface area contributed by atoms with Gasteiger partial charge in [-0.15, -0.1) is 0 Å². The van der Waals surface area contributed by atoms with Crippen LogP contribution in [0.3, 0.4) is 0 Å². The van der Waals surface area contributed by atoms with Crippen LogP contribution in [-0.4, -0.2) is 49.6 Å². The fraction of sp³-hybridized carbons (Fsp3) is 0.467. The van der Waals surface area contributed by atoms with E-state index in [9.17, 15) is 4.79 Å². The van der Waals surface area contributed by atoms with Gasteiger partial charge in [-0.2, -0.15) is 0 Å². The van der Waals surface area contributed by atoms with Gasteiger partial charge in [0.15, 0.2) is 6.61 Å². The summed E-state index contributed by atoms with van der Waals surface area (Å²) >= 11 is 4.87. The van der Waals surface area contributed by atoms with E-state index < -0.39 is 0 Å². The summed E-state index contributed by atoms with van der Waals surface area (Å²) in [6.07, 6.45) is 2.03. The van der Waals surface area contributed by atoms with E-state index in [1.54, 1.807) is 24.3 Å². The summed E-state index contributed by atoms with van der Waals surface area (Å²) in [6, 6.07) is 7.05. The minimum atomic E-state index is -0.113. The molecule has 6 heteroatoms. The number of nitrogens with zero attached hydrogens (tertiary/aromatic N) is 1. The van der Waals surface area contributed by atoms with E-state index in [0.29, 0.717) is 17.3 Å². The first-order chi connectivity index (χ1) is 9.99. The van der Waals surface area contributed by atoms with Crippen molar-refractivity contribution in [2.75, 3.05) is 33.8 Å². The zero-order valence-corrected chi connectivity index (χ0v) is 13.4. The van der Waals surface area contributed by atoms with Gasteiger partial charge in [0.1, 0.15) is 10.7 Å². The Balaban J connectivity index is 2.19. The largest absolute Gasteiger partial charge is 0.484 e. The molecule has 0 heterocycles. The van der Waals surface area contributed by atoms with Gasteiger partial charge in [0.2, 0.25) is 0 Å². The van der Waals surface area contributed by atoms with Crippen LogP contribution in [-0.2, 0) is 4.79 Å². The van der Waals surface area contributed by atoms with Crippen molar-refractivity contribution in [3.8, 4) is 5.75 Å². The molecule has 0 saturated carbocycles. The first kappa shape index (κ1) is 17.4. The average Bonchev–Trinajstić information content (AvgIpc) is 2.44. The fourth-order valence-corrected chi connectivity index (χ4v) is 1.83. The van der Waals surface area contributed by atoms with E-state index >= 15 is 0 Å². The van der Waals surface area contributed by atoms with E-state index in [-0.39, 0.29) is 12.5 Å². The molecule has 3 N–H and O–H groups in total. The SMILES string of the molecule is CN(C)CCCCNC(=O)COc1ccc(C(N)=S)cc1. The molecule has 116 valence electrons. The molecule has 5 nitrogen and oxygen atoms in total. The van der Waals surface area contributed by atoms with Crippen LogP contribution in [0.1, 0.15) is 18.4 Å². The highest BCUT2D eigenvalue weighted by Crippen LogP contribution is 2.11. The molecule has 0 saturated heterocycles. The van der Waals surface area contributed by atoms with Crippen LogP contribution in [0.4, 0.5) is 0 Å². The third-order valence-corrected chi connectivity index (χ3v) is 3.10. The quantitative estimate of drug-likeness (QED) is 0.529. The lowest BCUT2D eigenvalue weighted by Gasteiger charge is -2.10. The molecule has 0 bridgehead atoms. The second-order valence-corrected chi connectivity index (χ2v) is 5.48. The maximum atomic E-state index is 11.6. The van der Waals surface area contributed by atoms with Gasteiger partial charge >= 0.3 is 0 Å². The standard InChI is InChI=1S/C15H23N3O2S/c1-18(2)10-4-3-9-17-14(19)11-20-13-7-5-12(6-8-13)15(16)21/h5-8H,3-4,9-11H2,1-2H3,(H2,16,21)(H,17,19). The maximum absolute atomic E-state index is 11.6. The molecule has 0 fully saturated rings.